The average Bonchev–Trinajstić information content (AvgIpc) is 2.14. The molecule has 1 rings (SSSR count). The van der Waals surface area contributed by atoms with E-state index in [1.165, 1.54) is 23.1 Å². The third-order valence-electron chi connectivity index (χ3n) is 1.98. The van der Waals surface area contributed by atoms with Gasteiger partial charge in [0, 0.05) is 30.4 Å². The smallest absolute Gasteiger partial charge is 0.253 e. The van der Waals surface area contributed by atoms with Crippen molar-refractivity contribution < 1.29 is 13.2 Å². The van der Waals surface area contributed by atoms with Gasteiger partial charge in [0.15, 0.2) is 9.84 Å². The molecule has 0 N–H and O–H groups in total. The molecule has 6 heteroatoms. The van der Waals surface area contributed by atoms with Gasteiger partial charge in [0.1, 0.15) is 0 Å². The van der Waals surface area contributed by atoms with Crippen LogP contribution in [0.1, 0.15) is 10.4 Å². The summed E-state index contributed by atoms with van der Waals surface area (Å²) >= 11 is 3.15. The zero-order chi connectivity index (χ0) is 12.5. The summed E-state index contributed by atoms with van der Waals surface area (Å²) in [5.74, 6) is -0.166. The van der Waals surface area contributed by atoms with E-state index in [4.69, 9.17) is 0 Å². The maximum absolute atomic E-state index is 11.6. The first-order valence-corrected chi connectivity index (χ1v) is 7.13. The third kappa shape index (κ3) is 2.82. The first kappa shape index (κ1) is 13.2. The fraction of sp³-hybridized carbons (Fsp3) is 0.300. The van der Waals surface area contributed by atoms with Crippen LogP contribution in [0.3, 0.4) is 0 Å². The molecule has 0 unspecified atom stereocenters. The number of halogens is 1. The van der Waals surface area contributed by atoms with Gasteiger partial charge in [-0.2, -0.15) is 0 Å². The van der Waals surface area contributed by atoms with Gasteiger partial charge in [0.05, 0.1) is 4.90 Å². The Morgan fingerprint density at radius 1 is 1.31 bits per heavy atom. The normalized spacial score (nSPS) is 11.2. The monoisotopic (exact) mass is 305 g/mol. The first-order valence-electron chi connectivity index (χ1n) is 4.44. The predicted octanol–water partition coefficient (Wildman–Crippen LogP) is 1.55. The van der Waals surface area contributed by atoms with E-state index in [1.54, 1.807) is 14.1 Å². The van der Waals surface area contributed by atoms with Gasteiger partial charge in [-0.15, -0.1) is 0 Å². The minimum atomic E-state index is -3.27. The van der Waals surface area contributed by atoms with Gasteiger partial charge in [-0.05, 0) is 34.1 Å². The largest absolute Gasteiger partial charge is 0.345 e. The summed E-state index contributed by atoms with van der Waals surface area (Å²) in [6, 6.07) is 4.44. The topological polar surface area (TPSA) is 54.5 Å². The molecular formula is C10H12BrNO3S. The molecule has 0 heterocycles. The van der Waals surface area contributed by atoms with Crippen LogP contribution < -0.4 is 0 Å². The van der Waals surface area contributed by atoms with E-state index in [9.17, 15) is 13.2 Å². The molecule has 0 radical (unpaired) electrons. The van der Waals surface area contributed by atoms with E-state index >= 15 is 0 Å². The lowest BCUT2D eigenvalue weighted by Gasteiger charge is -2.11. The van der Waals surface area contributed by atoms with Crippen molar-refractivity contribution in [3.63, 3.8) is 0 Å². The van der Waals surface area contributed by atoms with Crippen LogP contribution in [0.5, 0.6) is 0 Å². The highest BCUT2D eigenvalue weighted by Crippen LogP contribution is 2.23. The minimum absolute atomic E-state index is 0.166. The van der Waals surface area contributed by atoms with Crippen molar-refractivity contribution in [2.45, 2.75) is 4.90 Å². The number of hydrogen-bond donors (Lipinski definition) is 0. The number of nitrogens with zero attached hydrogens (tertiary/aromatic N) is 1. The summed E-state index contributed by atoms with van der Waals surface area (Å²) < 4.78 is 23.1. The standard InChI is InChI=1S/C10H12BrNO3S/c1-12(2)10(13)7-4-5-9(8(11)6-7)16(3,14)15/h4-6H,1-3H3. The molecule has 1 amide bonds. The molecule has 0 aliphatic heterocycles. The Labute approximate surface area is 103 Å². The molecule has 0 spiro atoms. The van der Waals surface area contributed by atoms with E-state index in [1.807, 2.05) is 0 Å². The Morgan fingerprint density at radius 3 is 2.25 bits per heavy atom. The molecule has 0 aliphatic rings. The SMILES string of the molecule is CN(C)C(=O)c1ccc(S(C)(=O)=O)c(Br)c1. The Hall–Kier alpha value is -0.880. The van der Waals surface area contributed by atoms with Crippen molar-refractivity contribution in [3.05, 3.63) is 28.2 Å². The molecule has 0 aromatic heterocycles. The average molecular weight is 306 g/mol. The molecule has 0 fully saturated rings. The Bertz CT molecular complexity index is 523. The van der Waals surface area contributed by atoms with E-state index in [0.717, 1.165) is 6.26 Å². The minimum Gasteiger partial charge on any atom is -0.345 e. The molecule has 88 valence electrons. The highest BCUT2D eigenvalue weighted by molar-refractivity contribution is 9.10. The fourth-order valence-corrected chi connectivity index (χ4v) is 3.18. The molecule has 4 nitrogen and oxygen atoms in total. The summed E-state index contributed by atoms with van der Waals surface area (Å²) in [4.78, 5) is 13.2. The van der Waals surface area contributed by atoms with Crippen LogP contribution in [0.25, 0.3) is 0 Å². The quantitative estimate of drug-likeness (QED) is 0.833. The van der Waals surface area contributed by atoms with Gasteiger partial charge in [-0.3, -0.25) is 4.79 Å². The van der Waals surface area contributed by atoms with Crippen LogP contribution in [-0.4, -0.2) is 39.6 Å². The summed E-state index contributed by atoms with van der Waals surface area (Å²) in [5, 5.41) is 0. The molecule has 0 saturated carbocycles. The molecule has 0 bridgehead atoms. The lowest BCUT2D eigenvalue weighted by molar-refractivity contribution is 0.0827. The molecule has 16 heavy (non-hydrogen) atoms. The van der Waals surface area contributed by atoms with Crippen LogP contribution in [0, 0.1) is 0 Å². The van der Waals surface area contributed by atoms with Crippen LogP contribution in [0.15, 0.2) is 27.6 Å². The van der Waals surface area contributed by atoms with Crippen molar-refractivity contribution in [2.24, 2.45) is 0 Å². The molecule has 1 aromatic carbocycles. The van der Waals surface area contributed by atoms with Gasteiger partial charge >= 0.3 is 0 Å². The van der Waals surface area contributed by atoms with Crippen LogP contribution in [0.4, 0.5) is 0 Å². The predicted molar refractivity (Wildman–Crippen MR) is 65.3 cm³/mol. The zero-order valence-electron chi connectivity index (χ0n) is 9.19. The van der Waals surface area contributed by atoms with Crippen molar-refractivity contribution in [3.8, 4) is 0 Å². The van der Waals surface area contributed by atoms with Crippen molar-refractivity contribution in [1.29, 1.82) is 0 Å². The highest BCUT2D eigenvalue weighted by atomic mass is 79.9. The Kier molecular flexibility index (Phi) is 3.75. The van der Waals surface area contributed by atoms with Gasteiger partial charge < -0.3 is 4.90 Å². The number of carbonyl (C=O) groups excluding carboxylic acids is 1. The highest BCUT2D eigenvalue weighted by Gasteiger charge is 2.15. The van der Waals surface area contributed by atoms with E-state index in [0.29, 0.717) is 10.0 Å². The second-order valence-electron chi connectivity index (χ2n) is 3.62. The molecule has 0 saturated heterocycles. The number of amides is 1. The number of carbonyl (C=O) groups is 1. The second-order valence-corrected chi connectivity index (χ2v) is 6.46. The third-order valence-corrected chi connectivity index (χ3v) is 4.06. The molecular weight excluding hydrogens is 294 g/mol. The Morgan fingerprint density at radius 2 is 1.88 bits per heavy atom. The summed E-state index contributed by atoms with van der Waals surface area (Å²) in [5.41, 5.74) is 0.448. The number of sulfone groups is 1. The number of benzene rings is 1. The first-order chi connectivity index (χ1) is 7.23. The lowest BCUT2D eigenvalue weighted by Crippen LogP contribution is -2.21. The van der Waals surface area contributed by atoms with E-state index in [2.05, 4.69) is 15.9 Å². The van der Waals surface area contributed by atoms with Crippen molar-refractivity contribution >= 4 is 31.7 Å². The summed E-state index contributed by atoms with van der Waals surface area (Å²) in [7, 11) is 0.0112. The fourth-order valence-electron chi connectivity index (χ4n) is 1.19. The molecule has 0 aliphatic carbocycles. The van der Waals surface area contributed by atoms with Crippen LogP contribution in [0.2, 0.25) is 0 Å². The zero-order valence-corrected chi connectivity index (χ0v) is 11.6. The van der Waals surface area contributed by atoms with Crippen LogP contribution >= 0.6 is 15.9 Å². The van der Waals surface area contributed by atoms with Gasteiger partial charge in [0.25, 0.3) is 5.91 Å². The lowest BCUT2D eigenvalue weighted by atomic mass is 10.2. The Balaban J connectivity index is 3.25. The molecule has 0 atom stereocenters. The van der Waals surface area contributed by atoms with Crippen molar-refractivity contribution in [1.82, 2.24) is 4.90 Å². The van der Waals surface area contributed by atoms with Gasteiger partial charge in [0.2, 0.25) is 0 Å². The van der Waals surface area contributed by atoms with E-state index < -0.39 is 9.84 Å². The van der Waals surface area contributed by atoms with E-state index in [-0.39, 0.29) is 10.8 Å². The summed E-state index contributed by atoms with van der Waals surface area (Å²) in [6.45, 7) is 0. The van der Waals surface area contributed by atoms with Crippen molar-refractivity contribution in [2.75, 3.05) is 20.4 Å². The molecule has 1 aromatic rings. The summed E-state index contributed by atoms with van der Waals surface area (Å²) in [6.07, 6.45) is 1.13. The van der Waals surface area contributed by atoms with Gasteiger partial charge in [-0.1, -0.05) is 0 Å². The maximum atomic E-state index is 11.6. The van der Waals surface area contributed by atoms with Crippen LogP contribution in [-0.2, 0) is 9.84 Å². The maximum Gasteiger partial charge on any atom is 0.253 e. The number of rotatable bonds is 2. The second kappa shape index (κ2) is 4.55. The number of hydrogen-bond acceptors (Lipinski definition) is 3. The van der Waals surface area contributed by atoms with Gasteiger partial charge in [-0.25, -0.2) is 8.42 Å².